The maximum Gasteiger partial charge on any atom is 0.0878 e. The number of hydrogen-bond donors (Lipinski definition) is 0. The molecule has 1 heterocycles. The zero-order chi connectivity index (χ0) is 8.27. The summed E-state index contributed by atoms with van der Waals surface area (Å²) in [6, 6.07) is 0. The molecule has 1 aliphatic rings. The monoisotopic (exact) mass is 154 g/mol. The van der Waals surface area contributed by atoms with Gasteiger partial charge >= 0.3 is 0 Å². The summed E-state index contributed by atoms with van der Waals surface area (Å²) in [5, 5.41) is 0. The van der Waals surface area contributed by atoms with Gasteiger partial charge in [-0.25, -0.2) is 0 Å². The van der Waals surface area contributed by atoms with Crippen molar-refractivity contribution in [2.24, 2.45) is 5.92 Å². The molecule has 1 heteroatoms. The van der Waals surface area contributed by atoms with Gasteiger partial charge in [0.2, 0.25) is 0 Å². The maximum absolute atomic E-state index is 5.50. The summed E-state index contributed by atoms with van der Waals surface area (Å²) in [6.07, 6.45) is 6.56. The van der Waals surface area contributed by atoms with E-state index in [1.807, 2.05) is 6.08 Å². The normalized spacial score (nSPS) is 31.5. The van der Waals surface area contributed by atoms with Gasteiger partial charge in [-0.2, -0.15) is 0 Å². The van der Waals surface area contributed by atoms with Gasteiger partial charge in [-0.1, -0.05) is 26.3 Å². The number of epoxide rings is 1. The van der Waals surface area contributed by atoms with Crippen molar-refractivity contribution >= 4 is 0 Å². The Morgan fingerprint density at radius 2 is 2.36 bits per heavy atom. The second-order valence-corrected chi connectivity index (χ2v) is 3.43. The third-order valence-electron chi connectivity index (χ3n) is 2.33. The fourth-order valence-corrected chi connectivity index (χ4v) is 1.63. The van der Waals surface area contributed by atoms with E-state index < -0.39 is 0 Å². The maximum atomic E-state index is 5.50. The Bertz CT molecular complexity index is 131. The summed E-state index contributed by atoms with van der Waals surface area (Å²) < 4.78 is 5.50. The highest BCUT2D eigenvalue weighted by Crippen LogP contribution is 2.34. The molecule has 0 saturated carbocycles. The fourth-order valence-electron chi connectivity index (χ4n) is 1.63. The Morgan fingerprint density at radius 3 is 2.91 bits per heavy atom. The van der Waals surface area contributed by atoms with Crippen molar-refractivity contribution in [1.82, 2.24) is 0 Å². The first-order chi connectivity index (χ1) is 5.29. The van der Waals surface area contributed by atoms with Gasteiger partial charge in [-0.3, -0.25) is 0 Å². The molecule has 1 saturated heterocycles. The minimum Gasteiger partial charge on any atom is -0.369 e. The molecule has 0 N–H and O–H groups in total. The number of hydrogen-bond acceptors (Lipinski definition) is 1. The van der Waals surface area contributed by atoms with Crippen LogP contribution in [-0.2, 0) is 4.74 Å². The summed E-state index contributed by atoms with van der Waals surface area (Å²) in [5.74, 6) is 0.741. The lowest BCUT2D eigenvalue weighted by Gasteiger charge is -2.04. The van der Waals surface area contributed by atoms with Crippen LogP contribution in [0, 0.1) is 5.92 Å². The SMILES string of the molecule is C=CCC1OC1C(C)CCC. The molecular formula is C10H18O. The quantitative estimate of drug-likeness (QED) is 0.438. The summed E-state index contributed by atoms with van der Waals surface area (Å²) in [7, 11) is 0. The minimum atomic E-state index is 0.494. The second-order valence-electron chi connectivity index (χ2n) is 3.43. The largest absolute Gasteiger partial charge is 0.369 e. The molecule has 0 amide bonds. The smallest absolute Gasteiger partial charge is 0.0878 e. The third-order valence-corrected chi connectivity index (χ3v) is 2.33. The highest BCUT2D eigenvalue weighted by molar-refractivity contribution is 4.92. The van der Waals surface area contributed by atoms with Gasteiger partial charge in [0.05, 0.1) is 12.2 Å². The summed E-state index contributed by atoms with van der Waals surface area (Å²) in [6.45, 7) is 8.20. The minimum absolute atomic E-state index is 0.494. The molecule has 0 aromatic heterocycles. The first-order valence-corrected chi connectivity index (χ1v) is 4.56. The molecule has 1 rings (SSSR count). The van der Waals surface area contributed by atoms with Crippen LogP contribution in [-0.4, -0.2) is 12.2 Å². The van der Waals surface area contributed by atoms with Gasteiger partial charge in [0.25, 0.3) is 0 Å². The topological polar surface area (TPSA) is 12.5 Å². The standard InChI is InChI=1S/C10H18O/c1-4-6-8(3)10-9(11-10)7-5-2/h5,8-10H,2,4,6-7H2,1,3H3. The summed E-state index contributed by atoms with van der Waals surface area (Å²) >= 11 is 0. The molecule has 0 bridgehead atoms. The van der Waals surface area contributed by atoms with Crippen molar-refractivity contribution in [2.75, 3.05) is 0 Å². The molecular weight excluding hydrogens is 136 g/mol. The predicted molar refractivity (Wildman–Crippen MR) is 47.5 cm³/mol. The molecule has 0 radical (unpaired) electrons. The van der Waals surface area contributed by atoms with Crippen LogP contribution in [0.5, 0.6) is 0 Å². The Kier molecular flexibility index (Phi) is 3.13. The van der Waals surface area contributed by atoms with E-state index in [4.69, 9.17) is 4.74 Å². The van der Waals surface area contributed by atoms with E-state index in [0.29, 0.717) is 12.2 Å². The second kappa shape index (κ2) is 3.91. The van der Waals surface area contributed by atoms with E-state index in [-0.39, 0.29) is 0 Å². The molecule has 0 aliphatic carbocycles. The van der Waals surface area contributed by atoms with Gasteiger partial charge < -0.3 is 4.74 Å². The van der Waals surface area contributed by atoms with Crippen LogP contribution in [0.1, 0.15) is 33.1 Å². The number of ether oxygens (including phenoxy) is 1. The van der Waals surface area contributed by atoms with Crippen molar-refractivity contribution in [3.05, 3.63) is 12.7 Å². The van der Waals surface area contributed by atoms with Crippen molar-refractivity contribution in [2.45, 2.75) is 45.3 Å². The Morgan fingerprint density at radius 1 is 1.64 bits per heavy atom. The lowest BCUT2D eigenvalue weighted by molar-refractivity contribution is 0.316. The van der Waals surface area contributed by atoms with Crippen LogP contribution in [0.3, 0.4) is 0 Å². The van der Waals surface area contributed by atoms with E-state index in [9.17, 15) is 0 Å². The predicted octanol–water partition coefficient (Wildman–Crippen LogP) is 2.77. The molecule has 11 heavy (non-hydrogen) atoms. The molecule has 1 aliphatic heterocycles. The van der Waals surface area contributed by atoms with E-state index in [0.717, 1.165) is 12.3 Å². The van der Waals surface area contributed by atoms with E-state index in [2.05, 4.69) is 20.4 Å². The van der Waals surface area contributed by atoms with Gasteiger partial charge in [-0.15, -0.1) is 6.58 Å². The molecule has 64 valence electrons. The van der Waals surface area contributed by atoms with Gasteiger partial charge in [0, 0.05) is 0 Å². The zero-order valence-corrected chi connectivity index (χ0v) is 7.55. The zero-order valence-electron chi connectivity index (χ0n) is 7.55. The van der Waals surface area contributed by atoms with E-state index in [1.54, 1.807) is 0 Å². The molecule has 1 fully saturated rings. The summed E-state index contributed by atoms with van der Waals surface area (Å²) in [4.78, 5) is 0. The Labute approximate surface area is 69.4 Å². The number of rotatable bonds is 5. The highest BCUT2D eigenvalue weighted by atomic mass is 16.6. The fraction of sp³-hybridized carbons (Fsp3) is 0.800. The van der Waals surface area contributed by atoms with Crippen LogP contribution in [0.4, 0.5) is 0 Å². The van der Waals surface area contributed by atoms with Gasteiger partial charge in [0.15, 0.2) is 0 Å². The first-order valence-electron chi connectivity index (χ1n) is 4.56. The average Bonchev–Trinajstić information content (AvgIpc) is 2.69. The first kappa shape index (κ1) is 8.79. The van der Waals surface area contributed by atoms with Crippen LogP contribution in [0.25, 0.3) is 0 Å². The van der Waals surface area contributed by atoms with Crippen LogP contribution in [0.2, 0.25) is 0 Å². The van der Waals surface area contributed by atoms with E-state index >= 15 is 0 Å². The Hall–Kier alpha value is -0.300. The lowest BCUT2D eigenvalue weighted by Crippen LogP contribution is -2.05. The van der Waals surface area contributed by atoms with Crippen LogP contribution in [0.15, 0.2) is 12.7 Å². The molecule has 3 atom stereocenters. The van der Waals surface area contributed by atoms with Crippen LogP contribution >= 0.6 is 0 Å². The molecule has 3 unspecified atom stereocenters. The average molecular weight is 154 g/mol. The molecule has 0 aromatic rings. The van der Waals surface area contributed by atoms with E-state index in [1.165, 1.54) is 12.8 Å². The molecule has 0 aromatic carbocycles. The van der Waals surface area contributed by atoms with Crippen molar-refractivity contribution in [3.63, 3.8) is 0 Å². The Balaban J connectivity index is 2.14. The highest BCUT2D eigenvalue weighted by Gasteiger charge is 2.40. The van der Waals surface area contributed by atoms with Crippen molar-refractivity contribution < 1.29 is 4.74 Å². The van der Waals surface area contributed by atoms with Crippen molar-refractivity contribution in [1.29, 1.82) is 0 Å². The van der Waals surface area contributed by atoms with Crippen molar-refractivity contribution in [3.8, 4) is 0 Å². The van der Waals surface area contributed by atoms with Gasteiger partial charge in [-0.05, 0) is 18.8 Å². The third kappa shape index (κ3) is 2.33. The molecule has 0 spiro atoms. The lowest BCUT2D eigenvalue weighted by atomic mass is 9.99. The summed E-state index contributed by atoms with van der Waals surface area (Å²) in [5.41, 5.74) is 0. The van der Waals surface area contributed by atoms with Crippen LogP contribution < -0.4 is 0 Å². The molecule has 1 nitrogen and oxygen atoms in total. The van der Waals surface area contributed by atoms with Gasteiger partial charge in [0.1, 0.15) is 0 Å².